The number of benzene rings is 6. The Balaban J connectivity index is 1.13. The molecule has 0 radical (unpaired) electrons. The highest BCUT2D eigenvalue weighted by atomic mass is 32.2. The minimum Gasteiger partial charge on any atom is -0.352 e. The molecule has 14 nitrogen and oxygen atoms in total. The second-order valence-electron chi connectivity index (χ2n) is 20.5. The fourth-order valence-corrected chi connectivity index (χ4v) is 12.9. The van der Waals surface area contributed by atoms with Crippen LogP contribution in [-0.2, 0) is 41.2 Å². The SMILES string of the molecule is CCC[N+]1=C(/C=C/C(=C/C=C2/N(CCCS(=O)(=O)O)c3ccc4ccc(S(=O)(=O)O)cc4c3C2(C)C)c2ccc(C(=O)NCCC(c3ccccc3)c3ccccc3)cn2)C(C)(C)c2c1ccc1c(S(=O)(=O)O)cccc21. The molecular formula is C60H61N4O10S3+. The van der Waals surface area contributed by atoms with E-state index in [-0.39, 0.29) is 34.6 Å². The largest absolute Gasteiger partial charge is 0.352 e. The molecule has 0 fully saturated rings. The molecule has 17 heteroatoms. The molecule has 398 valence electrons. The van der Waals surface area contributed by atoms with Crippen molar-refractivity contribution in [2.45, 2.75) is 80.4 Å². The van der Waals surface area contributed by atoms with Gasteiger partial charge >= 0.3 is 0 Å². The van der Waals surface area contributed by atoms with Gasteiger partial charge in [0.15, 0.2) is 5.71 Å². The molecule has 0 unspecified atom stereocenters. The van der Waals surface area contributed by atoms with Gasteiger partial charge in [-0.15, -0.1) is 0 Å². The maximum absolute atomic E-state index is 13.8. The number of aromatic nitrogens is 1. The lowest BCUT2D eigenvalue weighted by molar-refractivity contribution is -0.437. The van der Waals surface area contributed by atoms with Crippen LogP contribution < -0.4 is 10.2 Å². The Labute approximate surface area is 450 Å². The monoisotopic (exact) mass is 1090 g/mol. The lowest BCUT2D eigenvalue weighted by Crippen LogP contribution is -2.28. The first-order valence-electron chi connectivity index (χ1n) is 25.4. The molecule has 0 spiro atoms. The fraction of sp³-hybridized carbons (Fsp3) is 0.250. The van der Waals surface area contributed by atoms with Gasteiger partial charge in [0.2, 0.25) is 5.69 Å². The molecule has 2 aliphatic rings. The molecule has 0 saturated heterocycles. The Morgan fingerprint density at radius 1 is 0.740 bits per heavy atom. The van der Waals surface area contributed by atoms with Crippen molar-refractivity contribution in [1.29, 1.82) is 0 Å². The summed E-state index contributed by atoms with van der Waals surface area (Å²) >= 11 is 0. The van der Waals surface area contributed by atoms with Crippen LogP contribution in [0.5, 0.6) is 0 Å². The Hall–Kier alpha value is -7.12. The number of hydrogen-bond donors (Lipinski definition) is 4. The number of nitrogens with zero attached hydrogens (tertiary/aromatic N) is 3. The molecule has 1 aromatic heterocycles. The molecule has 0 saturated carbocycles. The summed E-state index contributed by atoms with van der Waals surface area (Å²) in [6.45, 7) is 11.4. The minimum absolute atomic E-state index is 0.0527. The molecule has 0 aliphatic carbocycles. The van der Waals surface area contributed by atoms with Gasteiger partial charge in [0.1, 0.15) is 11.4 Å². The second kappa shape index (κ2) is 21.4. The van der Waals surface area contributed by atoms with Gasteiger partial charge in [-0.2, -0.15) is 29.8 Å². The van der Waals surface area contributed by atoms with Gasteiger partial charge in [-0.25, -0.2) is 0 Å². The molecular weight excluding hydrogens is 1030 g/mol. The summed E-state index contributed by atoms with van der Waals surface area (Å²) in [5, 5.41) is 5.48. The van der Waals surface area contributed by atoms with Gasteiger partial charge in [-0.3, -0.25) is 23.4 Å². The van der Waals surface area contributed by atoms with Crippen molar-refractivity contribution in [3.05, 3.63) is 203 Å². The first-order valence-corrected chi connectivity index (χ1v) is 29.9. The van der Waals surface area contributed by atoms with Crippen LogP contribution in [0.4, 0.5) is 11.4 Å². The van der Waals surface area contributed by atoms with Crippen molar-refractivity contribution in [1.82, 2.24) is 10.3 Å². The maximum Gasteiger partial charge on any atom is 0.295 e. The normalized spacial score (nSPS) is 16.0. The first-order chi connectivity index (χ1) is 36.5. The van der Waals surface area contributed by atoms with Crippen LogP contribution in [0.15, 0.2) is 179 Å². The van der Waals surface area contributed by atoms with E-state index in [1.54, 1.807) is 30.3 Å². The number of hydrogen-bond acceptors (Lipinski definition) is 9. The summed E-state index contributed by atoms with van der Waals surface area (Å²) in [6.07, 6.45) is 10.8. The smallest absolute Gasteiger partial charge is 0.295 e. The molecule has 0 bridgehead atoms. The molecule has 2 aliphatic heterocycles. The van der Waals surface area contributed by atoms with Crippen molar-refractivity contribution in [2.24, 2.45) is 0 Å². The van der Waals surface area contributed by atoms with Crippen LogP contribution in [0.2, 0.25) is 0 Å². The predicted octanol–water partition coefficient (Wildman–Crippen LogP) is 11.2. The van der Waals surface area contributed by atoms with E-state index >= 15 is 0 Å². The van der Waals surface area contributed by atoms with Crippen LogP contribution in [0.3, 0.4) is 0 Å². The van der Waals surface area contributed by atoms with E-state index in [0.717, 1.165) is 45.5 Å². The highest BCUT2D eigenvalue weighted by Crippen LogP contribution is 2.51. The van der Waals surface area contributed by atoms with Gasteiger partial charge < -0.3 is 10.2 Å². The van der Waals surface area contributed by atoms with Crippen molar-refractivity contribution >= 4 is 80.5 Å². The number of anilines is 1. The predicted molar refractivity (Wildman–Crippen MR) is 303 cm³/mol. The summed E-state index contributed by atoms with van der Waals surface area (Å²) in [4.78, 5) is 20.2. The number of allylic oxidation sites excluding steroid dienone is 6. The average molecular weight is 1090 g/mol. The second-order valence-corrected chi connectivity index (χ2v) is 24.9. The number of amides is 1. The van der Waals surface area contributed by atoms with E-state index in [9.17, 15) is 43.7 Å². The molecule has 0 atom stereocenters. The molecule has 9 rings (SSSR count). The zero-order valence-electron chi connectivity index (χ0n) is 43.4. The van der Waals surface area contributed by atoms with E-state index in [1.807, 2.05) is 104 Å². The van der Waals surface area contributed by atoms with E-state index in [2.05, 4.69) is 54.9 Å². The Morgan fingerprint density at radius 2 is 1.43 bits per heavy atom. The fourth-order valence-electron chi connectivity index (χ4n) is 11.2. The van der Waals surface area contributed by atoms with Crippen LogP contribution in [0, 0.1) is 0 Å². The third-order valence-corrected chi connectivity index (χ3v) is 17.3. The highest BCUT2D eigenvalue weighted by molar-refractivity contribution is 7.86. The van der Waals surface area contributed by atoms with Gasteiger partial charge in [0.25, 0.3) is 36.3 Å². The van der Waals surface area contributed by atoms with Crippen molar-refractivity contribution in [2.75, 3.05) is 30.3 Å². The number of rotatable bonds is 18. The van der Waals surface area contributed by atoms with Crippen LogP contribution in [0.1, 0.15) is 98.1 Å². The van der Waals surface area contributed by atoms with Crippen molar-refractivity contribution in [3.8, 4) is 0 Å². The number of carbonyl (C=O) groups is 1. The van der Waals surface area contributed by atoms with Crippen LogP contribution in [0.25, 0.3) is 27.1 Å². The summed E-state index contributed by atoms with van der Waals surface area (Å²) in [5.41, 5.74) is 7.07. The molecule has 6 aromatic carbocycles. The first kappa shape index (κ1) is 54.7. The highest BCUT2D eigenvalue weighted by Gasteiger charge is 2.46. The lowest BCUT2D eigenvalue weighted by Gasteiger charge is -2.27. The molecule has 7 aromatic rings. The van der Waals surface area contributed by atoms with E-state index in [1.165, 1.54) is 24.4 Å². The third-order valence-electron chi connectivity index (χ3n) is 14.8. The summed E-state index contributed by atoms with van der Waals surface area (Å²) in [7, 11) is -13.4. The number of carbonyl (C=O) groups excluding carboxylic acids is 1. The van der Waals surface area contributed by atoms with E-state index < -0.39 is 46.9 Å². The van der Waals surface area contributed by atoms with E-state index in [4.69, 9.17) is 4.98 Å². The number of nitrogens with one attached hydrogen (secondary N) is 1. The summed E-state index contributed by atoms with van der Waals surface area (Å²) in [6, 6.07) is 40.5. The number of fused-ring (bicyclic) bond motifs is 6. The van der Waals surface area contributed by atoms with Gasteiger partial charge in [-0.1, -0.05) is 112 Å². The lowest BCUT2D eigenvalue weighted by atomic mass is 9.79. The molecule has 3 heterocycles. The minimum atomic E-state index is -4.57. The molecule has 4 N–H and O–H groups in total. The Morgan fingerprint density at radius 3 is 2.05 bits per heavy atom. The summed E-state index contributed by atoms with van der Waals surface area (Å²) in [5.74, 6) is -0.727. The van der Waals surface area contributed by atoms with Gasteiger partial charge in [0, 0.05) is 77.1 Å². The zero-order chi connectivity index (χ0) is 55.1. The average Bonchev–Trinajstić information content (AvgIpc) is 3.92. The van der Waals surface area contributed by atoms with Gasteiger partial charge in [-0.05, 0) is 114 Å². The van der Waals surface area contributed by atoms with E-state index in [0.29, 0.717) is 63.9 Å². The quantitative estimate of drug-likeness (QED) is 0.0359. The van der Waals surface area contributed by atoms with Crippen LogP contribution in [-0.4, -0.2) is 85.5 Å². The Bertz CT molecular complexity index is 3890. The van der Waals surface area contributed by atoms with Crippen molar-refractivity contribution in [3.63, 3.8) is 0 Å². The molecule has 1 amide bonds. The van der Waals surface area contributed by atoms with Gasteiger partial charge in [0.05, 0.1) is 27.3 Å². The Kier molecular flexibility index (Phi) is 15.2. The number of pyridine rings is 1. The zero-order valence-corrected chi connectivity index (χ0v) is 45.8. The summed E-state index contributed by atoms with van der Waals surface area (Å²) < 4.78 is 106. The molecule has 77 heavy (non-hydrogen) atoms. The standard InChI is InChI=1S/C60H60N4O10S3/c1-6-35-63-52-30-27-47-48(19-13-20-53(47)77(72,73)74)56(52)59(2,3)54(63)31-24-43(50-28-22-44(39-62-50)58(65)61-34-33-46(40-15-9-7-10-16-40)41-17-11-8-12-18-41)25-32-55-60(4,5)57-49-38-45(76(69,70)71)26-21-42(49)23-29-51(57)64(55)36-14-37-75(66,67)68/h7-13,15-32,38-39,46H,6,14,33-37H2,1-5H3,(H3-,61,65,66,67,68,69,70,71,72,73,74)/p+1. The van der Waals surface area contributed by atoms with Crippen LogP contribution >= 0.6 is 0 Å². The maximum atomic E-state index is 13.8. The topological polar surface area (TPSA) is 211 Å². The third kappa shape index (κ3) is 11.2. The van der Waals surface area contributed by atoms with Crippen molar-refractivity contribution < 1.29 is 48.3 Å².